The summed E-state index contributed by atoms with van der Waals surface area (Å²) in [6.07, 6.45) is 0. The predicted octanol–water partition coefficient (Wildman–Crippen LogP) is 5.06. The van der Waals surface area contributed by atoms with Crippen molar-refractivity contribution in [3.8, 4) is 0 Å². The third-order valence-corrected chi connectivity index (χ3v) is 7.00. The van der Waals surface area contributed by atoms with Gasteiger partial charge in [-0.2, -0.15) is 0 Å². The maximum atomic E-state index is 6.15. The maximum Gasteiger partial charge on any atom is 0.494 e. The van der Waals surface area contributed by atoms with E-state index in [1.807, 2.05) is 0 Å². The summed E-state index contributed by atoms with van der Waals surface area (Å²) in [6, 6.07) is 17.1. The largest absolute Gasteiger partial charge is 0.494 e. The van der Waals surface area contributed by atoms with Crippen molar-refractivity contribution in [2.45, 2.75) is 52.4 Å². The quantitative estimate of drug-likeness (QED) is 0.547. The van der Waals surface area contributed by atoms with E-state index in [9.17, 15) is 0 Å². The molecule has 1 saturated heterocycles. The molecule has 1 fully saturated rings. The van der Waals surface area contributed by atoms with E-state index in [0.29, 0.717) is 0 Å². The minimum atomic E-state index is -0.316. The van der Waals surface area contributed by atoms with Crippen LogP contribution < -0.4 is 5.46 Å². The minimum Gasteiger partial charge on any atom is -0.399 e. The van der Waals surface area contributed by atoms with Crippen LogP contribution in [0.25, 0.3) is 10.9 Å². The first-order chi connectivity index (χ1) is 12.7. The summed E-state index contributed by atoms with van der Waals surface area (Å²) in [5.74, 6) is 0. The Balaban J connectivity index is 1.59. The molecule has 0 aliphatic carbocycles. The second kappa shape index (κ2) is 6.51. The monoisotopic (exact) mass is 425 g/mol. The Morgan fingerprint density at radius 3 is 2.15 bits per heavy atom. The molecule has 0 bridgehead atoms. The lowest BCUT2D eigenvalue weighted by atomic mass is 9.79. The number of rotatable bonds is 3. The van der Waals surface area contributed by atoms with Gasteiger partial charge in [0.05, 0.1) is 11.2 Å². The molecule has 2 aromatic carbocycles. The van der Waals surface area contributed by atoms with Gasteiger partial charge < -0.3 is 13.9 Å². The van der Waals surface area contributed by atoms with Gasteiger partial charge >= 0.3 is 7.12 Å². The zero-order valence-electron chi connectivity index (χ0n) is 16.5. The Labute approximate surface area is 169 Å². The molecule has 1 aliphatic rings. The Morgan fingerprint density at radius 1 is 0.926 bits per heavy atom. The van der Waals surface area contributed by atoms with Gasteiger partial charge in [0.2, 0.25) is 0 Å². The van der Waals surface area contributed by atoms with E-state index < -0.39 is 0 Å². The fourth-order valence-corrected chi connectivity index (χ4v) is 4.08. The van der Waals surface area contributed by atoms with Crippen molar-refractivity contribution in [3.05, 3.63) is 64.3 Å². The lowest BCUT2D eigenvalue weighted by Crippen LogP contribution is -2.41. The molecule has 0 amide bonds. The topological polar surface area (TPSA) is 23.4 Å². The summed E-state index contributed by atoms with van der Waals surface area (Å²) >= 11 is 3.74. The number of nitrogens with zero attached hydrogens (tertiary/aromatic N) is 1. The van der Waals surface area contributed by atoms with Gasteiger partial charge in [-0.1, -0.05) is 42.5 Å². The van der Waals surface area contributed by atoms with Crippen molar-refractivity contribution >= 4 is 39.4 Å². The Morgan fingerprint density at radius 2 is 1.52 bits per heavy atom. The zero-order valence-corrected chi connectivity index (χ0v) is 18.1. The van der Waals surface area contributed by atoms with E-state index in [0.717, 1.165) is 12.0 Å². The second-order valence-corrected chi connectivity index (χ2v) is 9.13. The van der Waals surface area contributed by atoms with E-state index in [4.69, 9.17) is 9.31 Å². The molecule has 0 atom stereocenters. The number of benzene rings is 2. The number of aromatic nitrogens is 1. The summed E-state index contributed by atoms with van der Waals surface area (Å²) in [7, 11) is -0.313. The van der Waals surface area contributed by atoms with Crippen molar-refractivity contribution in [2.24, 2.45) is 0 Å². The van der Waals surface area contributed by atoms with Crippen LogP contribution in [-0.2, 0) is 15.9 Å². The van der Waals surface area contributed by atoms with Crippen molar-refractivity contribution in [2.75, 3.05) is 0 Å². The van der Waals surface area contributed by atoms with E-state index in [2.05, 4.69) is 104 Å². The summed E-state index contributed by atoms with van der Waals surface area (Å²) in [6.45, 7) is 11.3. The third-order valence-electron chi connectivity index (χ3n) is 6.00. The molecule has 1 aromatic heterocycles. The van der Waals surface area contributed by atoms with Crippen LogP contribution >= 0.6 is 15.9 Å². The number of hydrogen-bond donors (Lipinski definition) is 0. The molecule has 0 saturated carbocycles. The molecule has 1 aliphatic heterocycles. The Hall–Kier alpha value is -1.56. The van der Waals surface area contributed by atoms with Gasteiger partial charge in [0.1, 0.15) is 0 Å². The molecule has 4 rings (SSSR count). The van der Waals surface area contributed by atoms with Crippen LogP contribution in [0.1, 0.15) is 39.0 Å². The third kappa shape index (κ3) is 3.16. The van der Waals surface area contributed by atoms with Crippen LogP contribution in [0.5, 0.6) is 0 Å². The van der Waals surface area contributed by atoms with E-state index >= 15 is 0 Å². The van der Waals surface area contributed by atoms with Gasteiger partial charge in [0, 0.05) is 27.6 Å². The molecule has 3 nitrogen and oxygen atoms in total. The summed E-state index contributed by atoms with van der Waals surface area (Å²) < 4.78 is 15.8. The van der Waals surface area contributed by atoms with Crippen LogP contribution in [0.4, 0.5) is 0 Å². The first kappa shape index (κ1) is 18.8. The highest BCUT2D eigenvalue weighted by molar-refractivity contribution is 9.10. The number of hydrogen-bond acceptors (Lipinski definition) is 2. The molecule has 3 aromatic rings. The van der Waals surface area contributed by atoms with Crippen LogP contribution in [0.15, 0.2) is 53.0 Å². The highest BCUT2D eigenvalue weighted by atomic mass is 79.9. The maximum absolute atomic E-state index is 6.15. The number of fused-ring (bicyclic) bond motifs is 1. The lowest BCUT2D eigenvalue weighted by Gasteiger charge is -2.32. The number of halogens is 1. The SMILES string of the molecule is Cc1c(Br)c2ccccc2n1Cc1ccc(B2OC(C)(C)C(C)(C)O2)cc1. The van der Waals surface area contributed by atoms with E-state index in [-0.39, 0.29) is 18.3 Å². The molecular formula is C22H25BBrNO2. The normalized spacial score (nSPS) is 18.4. The van der Waals surface area contributed by atoms with Crippen LogP contribution in [0, 0.1) is 6.92 Å². The lowest BCUT2D eigenvalue weighted by molar-refractivity contribution is 0.00578. The fourth-order valence-electron chi connectivity index (χ4n) is 3.53. The molecule has 5 heteroatoms. The van der Waals surface area contributed by atoms with Crippen molar-refractivity contribution in [1.29, 1.82) is 0 Å². The summed E-state index contributed by atoms with van der Waals surface area (Å²) in [5.41, 5.74) is 4.18. The minimum absolute atomic E-state index is 0.313. The van der Waals surface area contributed by atoms with E-state index in [1.54, 1.807) is 0 Å². The van der Waals surface area contributed by atoms with Gasteiger partial charge in [-0.3, -0.25) is 0 Å². The smallest absolute Gasteiger partial charge is 0.399 e. The summed E-state index contributed by atoms with van der Waals surface area (Å²) in [4.78, 5) is 0. The first-order valence-corrected chi connectivity index (χ1v) is 10.2. The standard InChI is InChI=1S/C22H25BBrNO2/c1-15-20(24)18-8-6-7-9-19(18)25(15)14-16-10-12-17(13-11-16)23-26-21(2,3)22(4,5)27-23/h6-13H,14H2,1-5H3. The van der Waals surface area contributed by atoms with Crippen molar-refractivity contribution < 1.29 is 9.31 Å². The zero-order chi connectivity index (χ0) is 19.4. The molecule has 0 N–H and O–H groups in total. The Kier molecular flexibility index (Phi) is 4.53. The van der Waals surface area contributed by atoms with Crippen LogP contribution in [0.2, 0.25) is 0 Å². The highest BCUT2D eigenvalue weighted by Gasteiger charge is 2.51. The van der Waals surface area contributed by atoms with E-state index in [1.165, 1.54) is 26.6 Å². The first-order valence-electron chi connectivity index (χ1n) is 9.37. The molecule has 0 spiro atoms. The Bertz CT molecular complexity index is 975. The average Bonchev–Trinajstić information content (AvgIpc) is 3.00. The van der Waals surface area contributed by atoms with Crippen molar-refractivity contribution in [3.63, 3.8) is 0 Å². The molecule has 27 heavy (non-hydrogen) atoms. The van der Waals surface area contributed by atoms with Gasteiger partial charge in [-0.15, -0.1) is 0 Å². The second-order valence-electron chi connectivity index (χ2n) is 8.33. The fraction of sp³-hybridized carbons (Fsp3) is 0.364. The predicted molar refractivity (Wildman–Crippen MR) is 116 cm³/mol. The molecule has 0 unspecified atom stereocenters. The highest BCUT2D eigenvalue weighted by Crippen LogP contribution is 2.36. The molecule has 2 heterocycles. The van der Waals surface area contributed by atoms with Crippen LogP contribution in [0.3, 0.4) is 0 Å². The van der Waals surface area contributed by atoms with Gasteiger partial charge in [-0.25, -0.2) is 0 Å². The molecule has 0 radical (unpaired) electrons. The summed E-state index contributed by atoms with van der Waals surface area (Å²) in [5, 5.41) is 1.25. The van der Waals surface area contributed by atoms with Gasteiger partial charge in [0.15, 0.2) is 0 Å². The van der Waals surface area contributed by atoms with Gasteiger partial charge in [-0.05, 0) is 67.6 Å². The van der Waals surface area contributed by atoms with Crippen molar-refractivity contribution in [1.82, 2.24) is 4.57 Å². The average molecular weight is 426 g/mol. The molecule has 140 valence electrons. The van der Waals surface area contributed by atoms with Crippen LogP contribution in [-0.4, -0.2) is 22.9 Å². The number of para-hydroxylation sites is 1. The van der Waals surface area contributed by atoms with Gasteiger partial charge in [0.25, 0.3) is 0 Å². The molecular weight excluding hydrogens is 401 g/mol.